The second-order valence-corrected chi connectivity index (χ2v) is 6.11. The molecule has 0 saturated heterocycles. The van der Waals surface area contributed by atoms with Gasteiger partial charge in [-0.05, 0) is 31.6 Å². The number of ether oxygens (including phenoxy) is 1. The summed E-state index contributed by atoms with van der Waals surface area (Å²) < 4.78 is 5.95. The van der Waals surface area contributed by atoms with Crippen LogP contribution in [0, 0.1) is 5.92 Å². The number of hydrogen-bond donors (Lipinski definition) is 1. The Morgan fingerprint density at radius 1 is 0.941 bits per heavy atom. The molecule has 0 aromatic heterocycles. The molecule has 0 bridgehead atoms. The molecule has 0 aliphatic heterocycles. The van der Waals surface area contributed by atoms with E-state index in [0.717, 1.165) is 0 Å². The predicted octanol–water partition coefficient (Wildman–Crippen LogP) is 3.63. The Morgan fingerprint density at radius 2 is 1.47 bits per heavy atom. The summed E-state index contributed by atoms with van der Waals surface area (Å²) in [5.74, 6) is 0.710. The molecule has 1 atom stereocenters. The molecule has 0 aromatic carbocycles. The highest BCUT2D eigenvalue weighted by Crippen LogP contribution is 2.38. The Labute approximate surface area is 106 Å². The summed E-state index contributed by atoms with van der Waals surface area (Å²) in [5.41, 5.74) is 6.61. The molecule has 2 N–H and O–H groups in total. The van der Waals surface area contributed by atoms with Crippen LogP contribution in [0.1, 0.15) is 70.6 Å². The van der Waals surface area contributed by atoms with Gasteiger partial charge < -0.3 is 10.5 Å². The lowest BCUT2D eigenvalue weighted by Gasteiger charge is -2.42. The highest BCUT2D eigenvalue weighted by molar-refractivity contribution is 4.96. The number of hydrogen-bond acceptors (Lipinski definition) is 2. The van der Waals surface area contributed by atoms with Crippen molar-refractivity contribution >= 4 is 0 Å². The van der Waals surface area contributed by atoms with Crippen LogP contribution in [0.3, 0.4) is 0 Å². The van der Waals surface area contributed by atoms with Crippen LogP contribution in [-0.4, -0.2) is 18.8 Å². The van der Waals surface area contributed by atoms with Crippen molar-refractivity contribution < 1.29 is 4.74 Å². The maximum absolute atomic E-state index is 6.61. The van der Waals surface area contributed by atoms with Gasteiger partial charge in [0.1, 0.15) is 0 Å². The zero-order chi connectivity index (χ0) is 12.1. The van der Waals surface area contributed by atoms with Gasteiger partial charge in [-0.3, -0.25) is 0 Å². The van der Waals surface area contributed by atoms with E-state index in [1.54, 1.807) is 0 Å². The molecule has 2 heteroatoms. The minimum atomic E-state index is -0.00148. The molecular formula is C15H29NO. The van der Waals surface area contributed by atoms with Crippen molar-refractivity contribution in [2.24, 2.45) is 11.7 Å². The Kier molecular flexibility index (Phi) is 4.87. The molecule has 100 valence electrons. The van der Waals surface area contributed by atoms with Crippen LogP contribution < -0.4 is 5.73 Å². The van der Waals surface area contributed by atoms with Gasteiger partial charge in [-0.1, -0.05) is 44.9 Å². The first-order chi connectivity index (χ1) is 8.28. The van der Waals surface area contributed by atoms with E-state index in [4.69, 9.17) is 10.5 Å². The topological polar surface area (TPSA) is 35.2 Å². The van der Waals surface area contributed by atoms with Crippen molar-refractivity contribution in [1.82, 2.24) is 0 Å². The zero-order valence-corrected chi connectivity index (χ0v) is 11.4. The van der Waals surface area contributed by atoms with Crippen LogP contribution in [-0.2, 0) is 4.74 Å². The van der Waals surface area contributed by atoms with E-state index in [1.165, 1.54) is 70.6 Å². The first kappa shape index (κ1) is 13.4. The van der Waals surface area contributed by atoms with E-state index in [2.05, 4.69) is 0 Å². The molecule has 0 aromatic rings. The van der Waals surface area contributed by atoms with E-state index in [9.17, 15) is 0 Å². The average Bonchev–Trinajstić information content (AvgIpc) is 2.65. The van der Waals surface area contributed by atoms with Gasteiger partial charge in [0, 0.05) is 13.2 Å². The second-order valence-electron chi connectivity index (χ2n) is 6.11. The fraction of sp³-hybridized carbons (Fsp3) is 1.00. The summed E-state index contributed by atoms with van der Waals surface area (Å²) in [7, 11) is 1.88. The SMILES string of the molecule is COC1(C(N)C2CCCCC2)CCCCCC1. The number of rotatable bonds is 3. The Morgan fingerprint density at radius 3 is 2.00 bits per heavy atom. The van der Waals surface area contributed by atoms with Crippen LogP contribution in [0.4, 0.5) is 0 Å². The van der Waals surface area contributed by atoms with Gasteiger partial charge >= 0.3 is 0 Å². The Bertz CT molecular complexity index is 215. The molecule has 2 rings (SSSR count). The Hall–Kier alpha value is -0.0800. The molecule has 1 unspecified atom stereocenters. The predicted molar refractivity (Wildman–Crippen MR) is 72.0 cm³/mol. The van der Waals surface area contributed by atoms with Gasteiger partial charge in [-0.25, -0.2) is 0 Å². The molecule has 0 amide bonds. The molecule has 2 nitrogen and oxygen atoms in total. The lowest BCUT2D eigenvalue weighted by atomic mass is 9.74. The van der Waals surface area contributed by atoms with Crippen molar-refractivity contribution in [3.8, 4) is 0 Å². The summed E-state index contributed by atoms with van der Waals surface area (Å²) in [6.07, 6.45) is 14.5. The molecule has 0 spiro atoms. The van der Waals surface area contributed by atoms with Gasteiger partial charge in [-0.15, -0.1) is 0 Å². The molecular weight excluding hydrogens is 210 g/mol. The first-order valence-corrected chi connectivity index (χ1v) is 7.59. The van der Waals surface area contributed by atoms with Crippen LogP contribution in [0.25, 0.3) is 0 Å². The van der Waals surface area contributed by atoms with Gasteiger partial charge in [0.15, 0.2) is 0 Å². The van der Waals surface area contributed by atoms with E-state index in [-0.39, 0.29) is 11.6 Å². The van der Waals surface area contributed by atoms with Crippen molar-refractivity contribution in [1.29, 1.82) is 0 Å². The first-order valence-electron chi connectivity index (χ1n) is 7.59. The highest BCUT2D eigenvalue weighted by atomic mass is 16.5. The van der Waals surface area contributed by atoms with Gasteiger partial charge in [-0.2, -0.15) is 0 Å². The molecule has 0 radical (unpaired) electrons. The summed E-state index contributed by atoms with van der Waals surface area (Å²) in [4.78, 5) is 0. The zero-order valence-electron chi connectivity index (χ0n) is 11.4. The fourth-order valence-corrected chi connectivity index (χ4v) is 3.92. The van der Waals surface area contributed by atoms with Crippen molar-refractivity contribution in [3.05, 3.63) is 0 Å². The largest absolute Gasteiger partial charge is 0.377 e. The summed E-state index contributed by atoms with van der Waals surface area (Å²) in [5, 5.41) is 0. The second kappa shape index (κ2) is 6.19. The minimum Gasteiger partial charge on any atom is -0.377 e. The van der Waals surface area contributed by atoms with Crippen LogP contribution in [0.15, 0.2) is 0 Å². The van der Waals surface area contributed by atoms with E-state index >= 15 is 0 Å². The summed E-state index contributed by atoms with van der Waals surface area (Å²) in [6.45, 7) is 0. The average molecular weight is 239 g/mol. The quantitative estimate of drug-likeness (QED) is 0.763. The van der Waals surface area contributed by atoms with Gasteiger partial charge in [0.05, 0.1) is 5.60 Å². The lowest BCUT2D eigenvalue weighted by Crippen LogP contribution is -2.53. The number of nitrogens with two attached hydrogens (primary N) is 1. The van der Waals surface area contributed by atoms with Crippen molar-refractivity contribution in [3.63, 3.8) is 0 Å². The van der Waals surface area contributed by atoms with Gasteiger partial charge in [0.2, 0.25) is 0 Å². The van der Waals surface area contributed by atoms with Crippen molar-refractivity contribution in [2.75, 3.05) is 7.11 Å². The van der Waals surface area contributed by atoms with E-state index in [1.807, 2.05) is 7.11 Å². The summed E-state index contributed by atoms with van der Waals surface area (Å²) >= 11 is 0. The smallest absolute Gasteiger partial charge is 0.0831 e. The van der Waals surface area contributed by atoms with Crippen LogP contribution in [0.2, 0.25) is 0 Å². The summed E-state index contributed by atoms with van der Waals surface area (Å²) in [6, 6.07) is 0.269. The molecule has 2 saturated carbocycles. The van der Waals surface area contributed by atoms with E-state index in [0.29, 0.717) is 5.92 Å². The molecule has 17 heavy (non-hydrogen) atoms. The highest BCUT2D eigenvalue weighted by Gasteiger charge is 2.41. The van der Waals surface area contributed by atoms with Crippen LogP contribution >= 0.6 is 0 Å². The monoisotopic (exact) mass is 239 g/mol. The Balaban J connectivity index is 2.03. The third kappa shape index (κ3) is 3.03. The standard InChI is InChI=1S/C15H29NO/c1-17-15(11-7-2-3-8-12-15)14(16)13-9-5-4-6-10-13/h13-14H,2-12,16H2,1H3. The van der Waals surface area contributed by atoms with E-state index < -0.39 is 0 Å². The maximum atomic E-state index is 6.61. The minimum absolute atomic E-state index is 0.00148. The molecule has 0 heterocycles. The van der Waals surface area contributed by atoms with Gasteiger partial charge in [0.25, 0.3) is 0 Å². The van der Waals surface area contributed by atoms with Crippen LogP contribution in [0.5, 0.6) is 0 Å². The van der Waals surface area contributed by atoms with Crippen molar-refractivity contribution in [2.45, 2.75) is 82.3 Å². The molecule has 2 fully saturated rings. The third-order valence-electron chi connectivity index (χ3n) is 5.12. The third-order valence-corrected chi connectivity index (χ3v) is 5.12. The maximum Gasteiger partial charge on any atom is 0.0831 e. The lowest BCUT2D eigenvalue weighted by molar-refractivity contribution is -0.0609. The molecule has 2 aliphatic carbocycles. The molecule has 2 aliphatic rings. The normalized spacial score (nSPS) is 28.6. The number of methoxy groups -OCH3 is 1. The fourth-order valence-electron chi connectivity index (χ4n) is 3.92.